The third-order valence-corrected chi connectivity index (χ3v) is 3.09. The lowest BCUT2D eigenvalue weighted by Gasteiger charge is -2.18. The molecule has 3 amide bonds. The van der Waals surface area contributed by atoms with Gasteiger partial charge in [0.25, 0.3) is 5.91 Å². The van der Waals surface area contributed by atoms with Crippen LogP contribution in [0, 0.1) is 13.8 Å². The quantitative estimate of drug-likeness (QED) is 0.794. The minimum absolute atomic E-state index is 0.157. The van der Waals surface area contributed by atoms with Gasteiger partial charge in [0, 0.05) is 0 Å². The van der Waals surface area contributed by atoms with Crippen molar-refractivity contribution in [2.45, 2.75) is 33.2 Å². The van der Waals surface area contributed by atoms with Gasteiger partial charge < -0.3 is 5.32 Å². The first-order chi connectivity index (χ1) is 8.06. The summed E-state index contributed by atoms with van der Waals surface area (Å²) >= 11 is 0. The average Bonchev–Trinajstić information content (AvgIpc) is 2.56. The van der Waals surface area contributed by atoms with E-state index in [-0.39, 0.29) is 18.0 Å². The largest absolute Gasteiger partial charge is 0.329 e. The summed E-state index contributed by atoms with van der Waals surface area (Å²) in [5.41, 5.74) is 2.58. The Labute approximate surface area is 101 Å². The Hall–Kier alpha value is -1.84. The molecule has 4 heteroatoms. The van der Waals surface area contributed by atoms with Gasteiger partial charge in [-0.05, 0) is 31.4 Å². The first-order valence-electron chi connectivity index (χ1n) is 5.77. The molecular weight excluding hydrogens is 216 g/mol. The molecule has 0 bridgehead atoms. The first kappa shape index (κ1) is 11.6. The fourth-order valence-corrected chi connectivity index (χ4v) is 2.18. The number of nitrogens with zero attached hydrogens (tertiary/aromatic N) is 1. The summed E-state index contributed by atoms with van der Waals surface area (Å²) in [4.78, 5) is 25.2. The summed E-state index contributed by atoms with van der Waals surface area (Å²) in [5, 5.41) is 2.69. The normalized spacial score (nSPS) is 19.7. The molecular formula is C13H16N2O2. The molecule has 1 heterocycles. The SMILES string of the molecule is CCC1NC(=O)N(c2c(C)cccc2C)C1=O. The van der Waals surface area contributed by atoms with Crippen molar-refractivity contribution in [2.24, 2.45) is 0 Å². The van der Waals surface area contributed by atoms with Crippen LogP contribution in [0.25, 0.3) is 0 Å². The standard InChI is InChI=1S/C13H16N2O2/c1-4-10-12(16)15(13(17)14-10)11-8(2)6-5-7-9(11)3/h5-7,10H,4H2,1-3H3,(H,14,17). The number of anilines is 1. The van der Waals surface area contributed by atoms with Crippen LogP contribution < -0.4 is 10.2 Å². The number of benzene rings is 1. The Morgan fingerprint density at radius 2 is 1.82 bits per heavy atom. The van der Waals surface area contributed by atoms with Gasteiger partial charge in [-0.15, -0.1) is 0 Å². The Morgan fingerprint density at radius 1 is 1.24 bits per heavy atom. The van der Waals surface area contributed by atoms with Crippen molar-refractivity contribution in [3.05, 3.63) is 29.3 Å². The highest BCUT2D eigenvalue weighted by Crippen LogP contribution is 2.27. The number of imide groups is 1. The van der Waals surface area contributed by atoms with Crippen LogP contribution in [0.2, 0.25) is 0 Å². The zero-order valence-corrected chi connectivity index (χ0v) is 10.3. The molecule has 1 aliphatic rings. The molecule has 90 valence electrons. The van der Waals surface area contributed by atoms with E-state index in [1.165, 1.54) is 4.90 Å². The van der Waals surface area contributed by atoms with Gasteiger partial charge in [-0.25, -0.2) is 9.69 Å². The number of nitrogens with one attached hydrogen (secondary N) is 1. The predicted molar refractivity (Wildman–Crippen MR) is 66.0 cm³/mol. The summed E-state index contributed by atoms with van der Waals surface area (Å²) in [6.07, 6.45) is 0.617. The molecule has 0 saturated carbocycles. The van der Waals surface area contributed by atoms with Crippen molar-refractivity contribution in [1.29, 1.82) is 0 Å². The van der Waals surface area contributed by atoms with Crippen LogP contribution in [0.5, 0.6) is 0 Å². The summed E-state index contributed by atoms with van der Waals surface area (Å²) < 4.78 is 0. The zero-order chi connectivity index (χ0) is 12.6. The van der Waals surface area contributed by atoms with Crippen molar-refractivity contribution in [1.82, 2.24) is 5.32 Å². The van der Waals surface area contributed by atoms with Crippen molar-refractivity contribution < 1.29 is 9.59 Å². The van der Waals surface area contributed by atoms with Crippen LogP contribution in [-0.2, 0) is 4.79 Å². The van der Waals surface area contributed by atoms with E-state index in [9.17, 15) is 9.59 Å². The number of amides is 3. The van der Waals surface area contributed by atoms with Crippen molar-refractivity contribution >= 4 is 17.6 Å². The molecule has 1 aromatic carbocycles. The molecule has 17 heavy (non-hydrogen) atoms. The van der Waals surface area contributed by atoms with E-state index < -0.39 is 0 Å². The van der Waals surface area contributed by atoms with E-state index >= 15 is 0 Å². The number of aryl methyl sites for hydroxylation is 2. The van der Waals surface area contributed by atoms with Gasteiger partial charge in [0.2, 0.25) is 0 Å². The van der Waals surface area contributed by atoms with Gasteiger partial charge in [0.15, 0.2) is 0 Å². The molecule has 1 fully saturated rings. The molecule has 1 atom stereocenters. The molecule has 1 unspecified atom stereocenters. The molecule has 0 aliphatic carbocycles. The minimum Gasteiger partial charge on any atom is -0.325 e. The van der Waals surface area contributed by atoms with Crippen LogP contribution in [0.15, 0.2) is 18.2 Å². The topological polar surface area (TPSA) is 49.4 Å². The average molecular weight is 232 g/mol. The Morgan fingerprint density at radius 3 is 2.29 bits per heavy atom. The van der Waals surface area contributed by atoms with Crippen molar-refractivity contribution in [3.8, 4) is 0 Å². The number of urea groups is 1. The smallest absolute Gasteiger partial charge is 0.325 e. The summed E-state index contributed by atoms with van der Waals surface area (Å²) in [6, 6.07) is 5.02. The molecule has 0 radical (unpaired) electrons. The second-order valence-corrected chi connectivity index (χ2v) is 4.32. The third-order valence-electron chi connectivity index (χ3n) is 3.09. The van der Waals surface area contributed by atoms with Crippen LogP contribution in [0.1, 0.15) is 24.5 Å². The minimum atomic E-state index is -0.387. The first-order valence-corrected chi connectivity index (χ1v) is 5.77. The molecule has 2 rings (SSSR count). The number of hydrogen-bond acceptors (Lipinski definition) is 2. The highest BCUT2D eigenvalue weighted by molar-refractivity contribution is 6.22. The highest BCUT2D eigenvalue weighted by Gasteiger charge is 2.38. The van der Waals surface area contributed by atoms with Crippen LogP contribution in [-0.4, -0.2) is 18.0 Å². The van der Waals surface area contributed by atoms with E-state index in [0.717, 1.165) is 11.1 Å². The molecule has 0 aromatic heterocycles. The van der Waals surface area contributed by atoms with E-state index in [1.807, 2.05) is 39.0 Å². The summed E-state index contributed by atoms with van der Waals surface area (Å²) in [5.74, 6) is -0.157. The van der Waals surface area contributed by atoms with E-state index in [1.54, 1.807) is 0 Å². The maximum atomic E-state index is 12.1. The monoisotopic (exact) mass is 232 g/mol. The molecule has 4 nitrogen and oxygen atoms in total. The molecule has 1 aliphatic heterocycles. The Balaban J connectivity index is 2.47. The maximum absolute atomic E-state index is 12.1. The lowest BCUT2D eigenvalue weighted by molar-refractivity contribution is -0.118. The maximum Gasteiger partial charge on any atom is 0.329 e. The predicted octanol–water partition coefficient (Wildman–Crippen LogP) is 2.14. The highest BCUT2D eigenvalue weighted by atomic mass is 16.2. The Bertz CT molecular complexity index is 462. The van der Waals surface area contributed by atoms with Gasteiger partial charge in [0.1, 0.15) is 6.04 Å². The van der Waals surface area contributed by atoms with Gasteiger partial charge >= 0.3 is 6.03 Å². The van der Waals surface area contributed by atoms with Gasteiger partial charge in [-0.3, -0.25) is 4.79 Å². The number of carbonyl (C=O) groups is 2. The van der Waals surface area contributed by atoms with Crippen molar-refractivity contribution in [3.63, 3.8) is 0 Å². The Kier molecular flexibility index (Phi) is 2.88. The number of hydrogen-bond donors (Lipinski definition) is 1. The van der Waals surface area contributed by atoms with Crippen LogP contribution in [0.3, 0.4) is 0 Å². The number of para-hydroxylation sites is 1. The van der Waals surface area contributed by atoms with Crippen LogP contribution in [0.4, 0.5) is 10.5 Å². The molecule has 0 spiro atoms. The fraction of sp³-hybridized carbons (Fsp3) is 0.385. The van der Waals surface area contributed by atoms with E-state index in [4.69, 9.17) is 0 Å². The molecule has 1 N–H and O–H groups in total. The number of rotatable bonds is 2. The molecule has 1 aromatic rings. The second-order valence-electron chi connectivity index (χ2n) is 4.32. The lowest BCUT2D eigenvalue weighted by atomic mass is 10.1. The summed E-state index contributed by atoms with van der Waals surface area (Å²) in [7, 11) is 0. The lowest BCUT2D eigenvalue weighted by Crippen LogP contribution is -2.32. The van der Waals surface area contributed by atoms with Gasteiger partial charge in [-0.1, -0.05) is 25.1 Å². The van der Waals surface area contributed by atoms with E-state index in [0.29, 0.717) is 12.1 Å². The van der Waals surface area contributed by atoms with Crippen molar-refractivity contribution in [2.75, 3.05) is 4.90 Å². The molecule has 1 saturated heterocycles. The van der Waals surface area contributed by atoms with Gasteiger partial charge in [-0.2, -0.15) is 0 Å². The van der Waals surface area contributed by atoms with Crippen LogP contribution >= 0.6 is 0 Å². The van der Waals surface area contributed by atoms with Gasteiger partial charge in [0.05, 0.1) is 5.69 Å². The second kappa shape index (κ2) is 4.20. The zero-order valence-electron chi connectivity index (χ0n) is 10.3. The van der Waals surface area contributed by atoms with E-state index in [2.05, 4.69) is 5.32 Å². The number of carbonyl (C=O) groups excluding carboxylic acids is 2. The third kappa shape index (κ3) is 1.79. The fourth-order valence-electron chi connectivity index (χ4n) is 2.18. The summed E-state index contributed by atoms with van der Waals surface area (Å²) in [6.45, 7) is 5.70.